The molecule has 1 atom stereocenters. The molecule has 1 aliphatic heterocycles. The number of hydrogen-bond donors (Lipinski definition) is 1. The molecule has 1 aliphatic carbocycles. The molecule has 0 amide bonds. The van der Waals surface area contributed by atoms with Crippen LogP contribution in [0.5, 0.6) is 0 Å². The fourth-order valence-corrected chi connectivity index (χ4v) is 2.32. The summed E-state index contributed by atoms with van der Waals surface area (Å²) >= 11 is 0. The Bertz CT molecular complexity index is 493. The molecule has 1 saturated carbocycles. The third-order valence-electron chi connectivity index (χ3n) is 3.64. The molecule has 5 nitrogen and oxygen atoms in total. The van der Waals surface area contributed by atoms with Gasteiger partial charge in [0.2, 0.25) is 5.95 Å². The summed E-state index contributed by atoms with van der Waals surface area (Å²) in [6.07, 6.45) is -0.973. The average molecular weight is 302 g/mol. The maximum absolute atomic E-state index is 12.7. The van der Waals surface area contributed by atoms with E-state index in [-0.39, 0.29) is 12.0 Å². The molecule has 1 aromatic heterocycles. The van der Waals surface area contributed by atoms with Crippen molar-refractivity contribution in [2.24, 2.45) is 0 Å². The zero-order chi connectivity index (χ0) is 14.9. The fourth-order valence-electron chi connectivity index (χ4n) is 2.32. The van der Waals surface area contributed by atoms with E-state index in [1.807, 2.05) is 0 Å². The lowest BCUT2D eigenvalue weighted by Crippen LogP contribution is -2.51. The number of rotatable bonds is 4. The summed E-state index contributed by atoms with van der Waals surface area (Å²) in [5.74, 6) is 0.121. The summed E-state index contributed by atoms with van der Waals surface area (Å²) in [7, 11) is 0. The Labute approximate surface area is 120 Å². The molecular formula is C13H17F3N4O. The molecule has 1 N–H and O–H groups in total. The number of aromatic nitrogens is 2. The smallest absolute Gasteiger partial charge is 0.377 e. The molecule has 0 radical (unpaired) electrons. The second kappa shape index (κ2) is 5.76. The first-order chi connectivity index (χ1) is 10.0. The maximum atomic E-state index is 12.7. The van der Waals surface area contributed by atoms with Gasteiger partial charge < -0.3 is 15.0 Å². The van der Waals surface area contributed by atoms with Gasteiger partial charge in [0.1, 0.15) is 5.69 Å². The van der Waals surface area contributed by atoms with Gasteiger partial charge >= 0.3 is 6.18 Å². The van der Waals surface area contributed by atoms with E-state index in [0.29, 0.717) is 32.3 Å². The van der Waals surface area contributed by atoms with Gasteiger partial charge in [-0.2, -0.15) is 13.2 Å². The molecule has 0 aromatic carbocycles. The minimum atomic E-state index is -4.45. The van der Waals surface area contributed by atoms with Gasteiger partial charge in [0.05, 0.1) is 19.3 Å². The Hall–Kier alpha value is -1.41. The Kier molecular flexibility index (Phi) is 3.99. The number of ether oxygens (including phenoxy) is 1. The Morgan fingerprint density at radius 3 is 2.90 bits per heavy atom. The van der Waals surface area contributed by atoms with Crippen LogP contribution in [-0.2, 0) is 10.9 Å². The quantitative estimate of drug-likeness (QED) is 0.912. The average Bonchev–Trinajstić information content (AvgIpc) is 3.29. The highest BCUT2D eigenvalue weighted by Crippen LogP contribution is 2.28. The highest BCUT2D eigenvalue weighted by Gasteiger charge is 2.34. The fraction of sp³-hybridized carbons (Fsp3) is 0.692. The Morgan fingerprint density at radius 1 is 1.38 bits per heavy atom. The normalized spacial score (nSPS) is 23.4. The molecule has 1 unspecified atom stereocenters. The van der Waals surface area contributed by atoms with Crippen molar-refractivity contribution in [1.29, 1.82) is 0 Å². The van der Waals surface area contributed by atoms with Crippen LogP contribution in [0.25, 0.3) is 0 Å². The number of nitrogens with one attached hydrogen (secondary N) is 1. The summed E-state index contributed by atoms with van der Waals surface area (Å²) in [5, 5.41) is 3.37. The summed E-state index contributed by atoms with van der Waals surface area (Å²) in [4.78, 5) is 9.47. The van der Waals surface area contributed by atoms with E-state index >= 15 is 0 Å². The molecule has 2 aliphatic rings. The lowest BCUT2D eigenvalue weighted by Gasteiger charge is -2.36. The van der Waals surface area contributed by atoms with Crippen LogP contribution in [0.4, 0.5) is 19.1 Å². The van der Waals surface area contributed by atoms with Crippen LogP contribution < -0.4 is 10.2 Å². The van der Waals surface area contributed by atoms with Crippen molar-refractivity contribution in [3.8, 4) is 0 Å². The van der Waals surface area contributed by atoms with Gasteiger partial charge in [-0.05, 0) is 18.9 Å². The number of anilines is 1. The van der Waals surface area contributed by atoms with Gasteiger partial charge in [-0.15, -0.1) is 0 Å². The van der Waals surface area contributed by atoms with Crippen molar-refractivity contribution >= 4 is 5.95 Å². The van der Waals surface area contributed by atoms with Crippen LogP contribution in [0.15, 0.2) is 12.3 Å². The molecule has 2 fully saturated rings. The van der Waals surface area contributed by atoms with Crippen LogP contribution in [0.1, 0.15) is 18.5 Å². The number of alkyl halides is 3. The molecule has 1 saturated heterocycles. The molecule has 3 rings (SSSR count). The SMILES string of the molecule is FC(F)(F)c1ccnc(N2CCOCC2CNC2CC2)n1. The second-order valence-corrected chi connectivity index (χ2v) is 5.34. The minimum Gasteiger partial charge on any atom is -0.377 e. The second-order valence-electron chi connectivity index (χ2n) is 5.34. The van der Waals surface area contributed by atoms with Gasteiger partial charge in [0.25, 0.3) is 0 Å². The van der Waals surface area contributed by atoms with Crippen LogP contribution in [0.3, 0.4) is 0 Å². The van der Waals surface area contributed by atoms with Crippen LogP contribution >= 0.6 is 0 Å². The first kappa shape index (κ1) is 14.5. The van der Waals surface area contributed by atoms with E-state index in [0.717, 1.165) is 25.1 Å². The maximum Gasteiger partial charge on any atom is 0.433 e. The molecule has 0 spiro atoms. The first-order valence-corrected chi connectivity index (χ1v) is 7.02. The topological polar surface area (TPSA) is 50.3 Å². The third-order valence-corrected chi connectivity index (χ3v) is 3.64. The summed E-state index contributed by atoms with van der Waals surface area (Å²) < 4.78 is 43.7. The minimum absolute atomic E-state index is 0.0390. The molecule has 21 heavy (non-hydrogen) atoms. The summed E-state index contributed by atoms with van der Waals surface area (Å²) in [6, 6.07) is 1.39. The Balaban J connectivity index is 1.75. The van der Waals surface area contributed by atoms with E-state index in [1.165, 1.54) is 0 Å². The summed E-state index contributed by atoms with van der Waals surface area (Å²) in [6.45, 7) is 2.11. The summed E-state index contributed by atoms with van der Waals surface area (Å²) in [5.41, 5.74) is -0.909. The van der Waals surface area contributed by atoms with Crippen LogP contribution in [0, 0.1) is 0 Å². The van der Waals surface area contributed by atoms with Crippen molar-refractivity contribution in [2.45, 2.75) is 31.1 Å². The molecule has 8 heteroatoms. The van der Waals surface area contributed by atoms with Crippen molar-refractivity contribution in [3.05, 3.63) is 18.0 Å². The number of halogens is 3. The molecule has 0 bridgehead atoms. The third kappa shape index (κ3) is 3.62. The van der Waals surface area contributed by atoms with E-state index in [1.54, 1.807) is 4.90 Å². The van der Waals surface area contributed by atoms with Gasteiger partial charge in [-0.1, -0.05) is 0 Å². The van der Waals surface area contributed by atoms with Gasteiger partial charge in [-0.3, -0.25) is 0 Å². The van der Waals surface area contributed by atoms with Gasteiger partial charge in [-0.25, -0.2) is 9.97 Å². The van der Waals surface area contributed by atoms with E-state index < -0.39 is 11.9 Å². The highest BCUT2D eigenvalue weighted by molar-refractivity contribution is 5.33. The lowest BCUT2D eigenvalue weighted by atomic mass is 10.2. The zero-order valence-corrected chi connectivity index (χ0v) is 11.4. The van der Waals surface area contributed by atoms with Gasteiger partial charge in [0.15, 0.2) is 0 Å². The number of nitrogens with zero attached hydrogens (tertiary/aromatic N) is 3. The molecule has 2 heterocycles. The molecule has 116 valence electrons. The standard InChI is InChI=1S/C13H17F3N4O/c14-13(15,16)11-3-4-17-12(19-11)20-5-6-21-8-10(20)7-18-9-1-2-9/h3-4,9-10,18H,1-2,5-8H2. The van der Waals surface area contributed by atoms with Crippen molar-refractivity contribution in [1.82, 2.24) is 15.3 Å². The lowest BCUT2D eigenvalue weighted by molar-refractivity contribution is -0.141. The van der Waals surface area contributed by atoms with Crippen molar-refractivity contribution in [3.63, 3.8) is 0 Å². The number of morpholine rings is 1. The zero-order valence-electron chi connectivity index (χ0n) is 11.4. The predicted octanol–water partition coefficient (Wildman–Crippen LogP) is 1.45. The Morgan fingerprint density at radius 2 is 2.19 bits per heavy atom. The van der Waals surface area contributed by atoms with Gasteiger partial charge in [0, 0.05) is 25.3 Å². The highest BCUT2D eigenvalue weighted by atomic mass is 19.4. The van der Waals surface area contributed by atoms with Crippen LogP contribution in [-0.4, -0.2) is 48.4 Å². The van der Waals surface area contributed by atoms with E-state index in [4.69, 9.17) is 4.74 Å². The monoisotopic (exact) mass is 302 g/mol. The van der Waals surface area contributed by atoms with Crippen LogP contribution in [0.2, 0.25) is 0 Å². The molecule has 1 aromatic rings. The van der Waals surface area contributed by atoms with E-state index in [9.17, 15) is 13.2 Å². The largest absolute Gasteiger partial charge is 0.433 e. The predicted molar refractivity (Wildman–Crippen MR) is 70.0 cm³/mol. The first-order valence-electron chi connectivity index (χ1n) is 7.02. The van der Waals surface area contributed by atoms with Crippen molar-refractivity contribution in [2.75, 3.05) is 31.2 Å². The van der Waals surface area contributed by atoms with Crippen molar-refractivity contribution < 1.29 is 17.9 Å². The molecular weight excluding hydrogens is 285 g/mol. The van der Waals surface area contributed by atoms with E-state index in [2.05, 4.69) is 15.3 Å². The number of hydrogen-bond acceptors (Lipinski definition) is 5.